The van der Waals surface area contributed by atoms with Crippen LogP contribution >= 0.6 is 0 Å². The van der Waals surface area contributed by atoms with Crippen LogP contribution in [0.1, 0.15) is 45.4 Å². The number of nitrogens with zero attached hydrogens (tertiary/aromatic N) is 1. The Balaban J connectivity index is 2.31. The third kappa shape index (κ3) is 6.80. The largest absolute Gasteiger partial charge is 0.481 e. The topological polar surface area (TPSA) is 40.5 Å². The van der Waals surface area contributed by atoms with Crippen molar-refractivity contribution in [3.05, 3.63) is 0 Å². The molecule has 1 N–H and O–H groups in total. The van der Waals surface area contributed by atoms with Crippen LogP contribution in [0.3, 0.4) is 0 Å². The van der Waals surface area contributed by atoms with E-state index in [9.17, 15) is 18.0 Å². The Bertz CT molecular complexity index is 294. The number of rotatable bonds is 6. The maximum Gasteiger partial charge on any atom is 0.389 e. The fourth-order valence-corrected chi connectivity index (χ4v) is 2.69. The van der Waals surface area contributed by atoms with Gasteiger partial charge in [-0.15, -0.1) is 0 Å². The summed E-state index contributed by atoms with van der Waals surface area (Å²) in [7, 11) is 0. The molecule has 0 radical (unpaired) electrons. The van der Waals surface area contributed by atoms with Crippen molar-refractivity contribution in [1.29, 1.82) is 0 Å². The van der Waals surface area contributed by atoms with Crippen LogP contribution in [-0.4, -0.2) is 41.3 Å². The van der Waals surface area contributed by atoms with Crippen LogP contribution < -0.4 is 0 Å². The second kappa shape index (κ2) is 7.12. The van der Waals surface area contributed by atoms with Crippen LogP contribution in [-0.2, 0) is 4.79 Å². The molecule has 112 valence electrons. The minimum atomic E-state index is -4.08. The molecule has 0 aromatic heterocycles. The molecule has 0 aromatic rings. The summed E-state index contributed by atoms with van der Waals surface area (Å²) in [5.41, 5.74) is 0. The van der Waals surface area contributed by atoms with E-state index in [4.69, 9.17) is 5.11 Å². The number of alkyl halides is 3. The monoisotopic (exact) mass is 281 g/mol. The van der Waals surface area contributed by atoms with Gasteiger partial charge in [-0.05, 0) is 45.1 Å². The van der Waals surface area contributed by atoms with E-state index in [2.05, 4.69) is 4.90 Å². The Morgan fingerprint density at radius 3 is 2.74 bits per heavy atom. The molecule has 19 heavy (non-hydrogen) atoms. The maximum atomic E-state index is 12.1. The number of likely N-dealkylation sites (tertiary alicyclic amines) is 1. The zero-order chi connectivity index (χ0) is 14.5. The molecule has 1 rings (SSSR count). The zero-order valence-corrected chi connectivity index (χ0v) is 11.2. The fraction of sp³-hybridized carbons (Fsp3) is 0.923. The summed E-state index contributed by atoms with van der Waals surface area (Å²) < 4.78 is 36.2. The minimum absolute atomic E-state index is 0.0962. The van der Waals surface area contributed by atoms with E-state index in [1.54, 1.807) is 0 Å². The third-order valence-electron chi connectivity index (χ3n) is 3.72. The molecular weight excluding hydrogens is 259 g/mol. The van der Waals surface area contributed by atoms with Gasteiger partial charge in [-0.1, -0.05) is 0 Å². The van der Waals surface area contributed by atoms with Gasteiger partial charge in [0.2, 0.25) is 0 Å². The van der Waals surface area contributed by atoms with Crippen molar-refractivity contribution >= 4 is 5.97 Å². The molecule has 1 fully saturated rings. The Kier molecular flexibility index (Phi) is 6.10. The number of piperidine rings is 1. The molecule has 1 aliphatic rings. The fourth-order valence-electron chi connectivity index (χ4n) is 2.69. The van der Waals surface area contributed by atoms with E-state index in [1.165, 1.54) is 0 Å². The second-order valence-corrected chi connectivity index (χ2v) is 5.46. The van der Waals surface area contributed by atoms with Gasteiger partial charge in [0.25, 0.3) is 0 Å². The predicted molar refractivity (Wildman–Crippen MR) is 65.9 cm³/mol. The molecule has 0 aliphatic carbocycles. The Labute approximate surface area is 111 Å². The zero-order valence-electron chi connectivity index (χ0n) is 11.2. The second-order valence-electron chi connectivity index (χ2n) is 5.46. The molecule has 1 saturated heterocycles. The number of carbonyl (C=O) groups is 1. The number of aliphatic carboxylic acids is 1. The maximum absolute atomic E-state index is 12.1. The first kappa shape index (κ1) is 16.3. The molecule has 1 heterocycles. The summed E-state index contributed by atoms with van der Waals surface area (Å²) in [5.74, 6) is -0.659. The van der Waals surface area contributed by atoms with Crippen molar-refractivity contribution in [3.63, 3.8) is 0 Å². The van der Waals surface area contributed by atoms with Crippen LogP contribution in [0.4, 0.5) is 13.2 Å². The van der Waals surface area contributed by atoms with Crippen molar-refractivity contribution in [2.75, 3.05) is 13.1 Å². The SMILES string of the molecule is CC(CCCC(F)(F)F)N1CCCC(CC(=O)O)C1. The van der Waals surface area contributed by atoms with Crippen LogP contribution in [0.5, 0.6) is 0 Å². The van der Waals surface area contributed by atoms with Crippen molar-refractivity contribution in [1.82, 2.24) is 4.90 Å². The minimum Gasteiger partial charge on any atom is -0.481 e. The molecule has 0 saturated carbocycles. The van der Waals surface area contributed by atoms with E-state index in [1.807, 2.05) is 6.92 Å². The smallest absolute Gasteiger partial charge is 0.389 e. The van der Waals surface area contributed by atoms with E-state index in [-0.39, 0.29) is 24.8 Å². The first-order valence-electron chi connectivity index (χ1n) is 6.80. The molecule has 6 heteroatoms. The van der Waals surface area contributed by atoms with Gasteiger partial charge in [-0.2, -0.15) is 13.2 Å². The number of hydrogen-bond acceptors (Lipinski definition) is 2. The van der Waals surface area contributed by atoms with Gasteiger partial charge in [0.05, 0.1) is 0 Å². The molecule has 0 bridgehead atoms. The molecule has 1 aliphatic heterocycles. The van der Waals surface area contributed by atoms with E-state index in [0.717, 1.165) is 19.4 Å². The van der Waals surface area contributed by atoms with Crippen molar-refractivity contribution < 1.29 is 23.1 Å². The standard InChI is InChI=1S/C13H22F3NO2/c1-10(4-2-6-13(14,15)16)17-7-3-5-11(9-17)8-12(18)19/h10-11H,2-9H2,1H3,(H,18,19). The Morgan fingerprint density at radius 1 is 1.47 bits per heavy atom. The first-order valence-corrected chi connectivity index (χ1v) is 6.80. The summed E-state index contributed by atoms with van der Waals surface area (Å²) in [6.07, 6.45) is -2.16. The molecule has 2 atom stereocenters. The Hall–Kier alpha value is -0.780. The van der Waals surface area contributed by atoms with Gasteiger partial charge in [0.1, 0.15) is 0 Å². The van der Waals surface area contributed by atoms with E-state index in [0.29, 0.717) is 13.0 Å². The summed E-state index contributed by atoms with van der Waals surface area (Å²) in [6.45, 7) is 3.49. The molecule has 0 spiro atoms. The molecule has 2 unspecified atom stereocenters. The van der Waals surface area contributed by atoms with Gasteiger partial charge in [0.15, 0.2) is 0 Å². The lowest BCUT2D eigenvalue weighted by Gasteiger charge is -2.36. The van der Waals surface area contributed by atoms with Crippen LogP contribution in [0, 0.1) is 5.92 Å². The quantitative estimate of drug-likeness (QED) is 0.812. The number of carboxylic acid groups (broad SMARTS) is 1. The number of carboxylic acids is 1. The number of halogens is 3. The van der Waals surface area contributed by atoms with Crippen molar-refractivity contribution in [3.8, 4) is 0 Å². The highest BCUT2D eigenvalue weighted by Crippen LogP contribution is 2.26. The Morgan fingerprint density at radius 2 is 2.16 bits per heavy atom. The molecular formula is C13H22F3NO2. The van der Waals surface area contributed by atoms with E-state index >= 15 is 0 Å². The van der Waals surface area contributed by atoms with Crippen LogP contribution in [0.15, 0.2) is 0 Å². The average molecular weight is 281 g/mol. The molecule has 0 aromatic carbocycles. The van der Waals surface area contributed by atoms with Crippen molar-refractivity contribution in [2.24, 2.45) is 5.92 Å². The highest BCUT2D eigenvalue weighted by molar-refractivity contribution is 5.67. The lowest BCUT2D eigenvalue weighted by atomic mass is 9.93. The van der Waals surface area contributed by atoms with Crippen molar-refractivity contribution in [2.45, 2.75) is 57.7 Å². The molecule has 0 amide bonds. The average Bonchev–Trinajstić information content (AvgIpc) is 2.26. The predicted octanol–water partition coefficient (Wildman–Crippen LogP) is 3.29. The highest BCUT2D eigenvalue weighted by Gasteiger charge is 2.28. The van der Waals surface area contributed by atoms with Crippen LogP contribution in [0.25, 0.3) is 0 Å². The number of hydrogen-bond donors (Lipinski definition) is 1. The summed E-state index contributed by atoms with van der Waals surface area (Å²) in [4.78, 5) is 12.8. The van der Waals surface area contributed by atoms with Gasteiger partial charge < -0.3 is 10.0 Å². The normalized spacial score (nSPS) is 23.3. The lowest BCUT2D eigenvalue weighted by Crippen LogP contribution is -2.41. The molecule has 3 nitrogen and oxygen atoms in total. The van der Waals surface area contributed by atoms with Crippen LogP contribution in [0.2, 0.25) is 0 Å². The lowest BCUT2D eigenvalue weighted by molar-refractivity contribution is -0.139. The highest BCUT2D eigenvalue weighted by atomic mass is 19.4. The van der Waals surface area contributed by atoms with Gasteiger partial charge >= 0.3 is 12.1 Å². The first-order chi connectivity index (χ1) is 8.78. The van der Waals surface area contributed by atoms with Gasteiger partial charge in [-0.25, -0.2) is 0 Å². The summed E-state index contributed by atoms with van der Waals surface area (Å²) >= 11 is 0. The van der Waals surface area contributed by atoms with Gasteiger partial charge in [0, 0.05) is 25.4 Å². The van der Waals surface area contributed by atoms with Gasteiger partial charge in [-0.3, -0.25) is 4.79 Å². The van der Waals surface area contributed by atoms with E-state index < -0.39 is 18.6 Å². The summed E-state index contributed by atoms with van der Waals surface area (Å²) in [5, 5.41) is 8.78. The summed E-state index contributed by atoms with van der Waals surface area (Å²) in [6, 6.07) is 0.0962. The third-order valence-corrected chi connectivity index (χ3v) is 3.72.